The van der Waals surface area contributed by atoms with Crippen molar-refractivity contribution >= 4 is 17.5 Å². The second-order valence-corrected chi connectivity index (χ2v) is 6.68. The largest absolute Gasteiger partial charge is 0.453 e. The lowest BCUT2D eigenvalue weighted by atomic mass is 10.1. The highest BCUT2D eigenvalue weighted by Gasteiger charge is 2.39. The molecule has 2 bridgehead atoms. The number of benzene rings is 1. The van der Waals surface area contributed by atoms with Crippen molar-refractivity contribution in [2.75, 3.05) is 17.7 Å². The van der Waals surface area contributed by atoms with E-state index in [1.54, 1.807) is 30.5 Å². The van der Waals surface area contributed by atoms with Gasteiger partial charge in [0, 0.05) is 23.1 Å². The van der Waals surface area contributed by atoms with Crippen LogP contribution in [0.2, 0.25) is 0 Å². The molecule has 0 aliphatic carbocycles. The first-order chi connectivity index (χ1) is 13.8. The Balaban J connectivity index is 2.06. The van der Waals surface area contributed by atoms with E-state index in [1.165, 1.54) is 13.2 Å². The number of fused-ring (bicyclic) bond motifs is 4. The molecule has 156 valence electrons. The molecule has 0 radical (unpaired) electrons. The number of aromatic nitrogens is 2. The standard InChI is InChI=1S/C19H22F3N5O2/c1-29-18(28)25-11-7-8-12-14(9-11)26-16(19(20,21)22)6-4-2-3-5-13(23)17-24-10-15(12)27-17/h2-3,7-10,13,16,26H,4-6,23H2,1H3,(H,24,27)(H,25,28)/b3-2+. The van der Waals surface area contributed by atoms with E-state index in [9.17, 15) is 18.0 Å². The smallest absolute Gasteiger partial charge is 0.411 e. The van der Waals surface area contributed by atoms with E-state index in [0.717, 1.165) is 0 Å². The lowest BCUT2D eigenvalue weighted by Gasteiger charge is -2.24. The van der Waals surface area contributed by atoms with Crippen LogP contribution in [0.15, 0.2) is 36.5 Å². The minimum Gasteiger partial charge on any atom is -0.453 e. The number of methoxy groups -OCH3 is 1. The Morgan fingerprint density at radius 2 is 2.14 bits per heavy atom. The molecule has 5 N–H and O–H groups in total. The zero-order valence-electron chi connectivity index (χ0n) is 15.7. The van der Waals surface area contributed by atoms with E-state index < -0.39 is 24.4 Å². The molecule has 0 saturated carbocycles. The molecule has 29 heavy (non-hydrogen) atoms. The molecule has 2 aromatic rings. The minimum absolute atomic E-state index is 0.144. The van der Waals surface area contributed by atoms with Crippen LogP contribution in [0.25, 0.3) is 11.3 Å². The van der Waals surface area contributed by atoms with Gasteiger partial charge in [-0.1, -0.05) is 12.2 Å². The Morgan fingerprint density at radius 1 is 1.34 bits per heavy atom. The van der Waals surface area contributed by atoms with E-state index in [4.69, 9.17) is 5.73 Å². The number of ether oxygens (including phenoxy) is 1. The minimum atomic E-state index is -4.45. The lowest BCUT2D eigenvalue weighted by molar-refractivity contribution is -0.143. The molecule has 1 aromatic carbocycles. The number of alkyl halides is 3. The number of aromatic amines is 1. The fourth-order valence-corrected chi connectivity index (χ4v) is 3.04. The van der Waals surface area contributed by atoms with Crippen molar-refractivity contribution in [2.24, 2.45) is 5.73 Å². The van der Waals surface area contributed by atoms with Gasteiger partial charge in [-0.05, 0) is 37.5 Å². The second kappa shape index (κ2) is 8.56. The highest BCUT2D eigenvalue weighted by molar-refractivity contribution is 5.88. The third-order valence-electron chi connectivity index (χ3n) is 4.58. The molecule has 2 atom stereocenters. The van der Waals surface area contributed by atoms with Crippen molar-refractivity contribution in [3.05, 3.63) is 42.4 Å². The van der Waals surface area contributed by atoms with Crippen LogP contribution in [0, 0.1) is 0 Å². The number of carbonyl (C=O) groups excluding carboxylic acids is 1. The van der Waals surface area contributed by atoms with Crippen LogP contribution in [0.5, 0.6) is 0 Å². The summed E-state index contributed by atoms with van der Waals surface area (Å²) in [5.74, 6) is 0.541. The summed E-state index contributed by atoms with van der Waals surface area (Å²) >= 11 is 0. The number of imidazole rings is 1. The number of halogens is 3. The van der Waals surface area contributed by atoms with E-state index in [-0.39, 0.29) is 18.5 Å². The summed E-state index contributed by atoms with van der Waals surface area (Å²) in [6.07, 6.45) is 0.440. The molecule has 2 heterocycles. The molecular formula is C19H22F3N5O2. The number of amides is 1. The van der Waals surface area contributed by atoms with Crippen LogP contribution >= 0.6 is 0 Å². The van der Waals surface area contributed by atoms with E-state index in [2.05, 4.69) is 25.3 Å². The normalized spacial score (nSPS) is 20.9. The molecule has 3 rings (SSSR count). The quantitative estimate of drug-likeness (QED) is 0.525. The van der Waals surface area contributed by atoms with Crippen molar-refractivity contribution < 1.29 is 22.7 Å². The van der Waals surface area contributed by atoms with Gasteiger partial charge in [-0.15, -0.1) is 0 Å². The molecule has 1 aromatic heterocycles. The summed E-state index contributed by atoms with van der Waals surface area (Å²) in [6.45, 7) is 0. The Morgan fingerprint density at radius 3 is 2.86 bits per heavy atom. The monoisotopic (exact) mass is 409 g/mol. The van der Waals surface area contributed by atoms with E-state index in [1.807, 2.05) is 0 Å². The van der Waals surface area contributed by atoms with E-state index in [0.29, 0.717) is 29.2 Å². The summed E-state index contributed by atoms with van der Waals surface area (Å²) in [4.78, 5) is 18.9. The molecule has 1 aliphatic rings. The summed E-state index contributed by atoms with van der Waals surface area (Å²) in [7, 11) is 1.20. The summed E-state index contributed by atoms with van der Waals surface area (Å²) in [5, 5.41) is 5.04. The molecule has 1 amide bonds. The SMILES string of the molecule is COC(=O)Nc1ccc2c(c1)NC(C(F)(F)F)CC/C=C/CC(N)c1nc-2c[nH]1. The molecule has 10 heteroatoms. The highest BCUT2D eigenvalue weighted by Crippen LogP contribution is 2.35. The number of nitrogens with two attached hydrogens (primary N) is 1. The predicted octanol–water partition coefficient (Wildman–Crippen LogP) is 4.34. The molecule has 1 aliphatic heterocycles. The zero-order chi connectivity index (χ0) is 21.0. The number of nitrogens with zero attached hydrogens (tertiary/aromatic N) is 1. The number of nitrogens with one attached hydrogen (secondary N) is 3. The first-order valence-electron chi connectivity index (χ1n) is 9.06. The molecule has 0 fully saturated rings. The van der Waals surface area contributed by atoms with Crippen molar-refractivity contribution in [1.29, 1.82) is 0 Å². The van der Waals surface area contributed by atoms with Gasteiger partial charge in [0.25, 0.3) is 0 Å². The number of H-pyrrole nitrogens is 1. The average Bonchev–Trinajstić information content (AvgIpc) is 3.15. The van der Waals surface area contributed by atoms with Crippen LogP contribution in [0.4, 0.5) is 29.3 Å². The van der Waals surface area contributed by atoms with Crippen LogP contribution in [-0.2, 0) is 4.74 Å². The van der Waals surface area contributed by atoms with Gasteiger partial charge in [0.05, 0.1) is 18.8 Å². The zero-order valence-corrected chi connectivity index (χ0v) is 15.7. The number of hydrogen-bond acceptors (Lipinski definition) is 5. The van der Waals surface area contributed by atoms with Gasteiger partial charge in [-0.2, -0.15) is 13.2 Å². The Labute approximate surface area is 165 Å². The molecule has 7 nitrogen and oxygen atoms in total. The third kappa shape index (κ3) is 5.08. The topological polar surface area (TPSA) is 105 Å². The lowest BCUT2D eigenvalue weighted by Crippen LogP contribution is -2.36. The Kier molecular flexibility index (Phi) is 6.12. The first-order valence-corrected chi connectivity index (χ1v) is 9.06. The molecule has 0 spiro atoms. The Bertz CT molecular complexity index is 894. The van der Waals surface area contributed by atoms with Gasteiger partial charge in [-0.3, -0.25) is 5.32 Å². The fourth-order valence-electron chi connectivity index (χ4n) is 3.04. The first kappa shape index (κ1) is 20.7. The van der Waals surface area contributed by atoms with Gasteiger partial charge in [0.15, 0.2) is 0 Å². The number of allylic oxidation sites excluding steroid dienone is 1. The maximum absolute atomic E-state index is 13.6. The van der Waals surface area contributed by atoms with Crippen LogP contribution < -0.4 is 16.4 Å². The summed E-state index contributed by atoms with van der Waals surface area (Å²) in [5.41, 5.74) is 7.50. The van der Waals surface area contributed by atoms with Crippen molar-refractivity contribution in [2.45, 2.75) is 37.5 Å². The van der Waals surface area contributed by atoms with Crippen LogP contribution in [-0.4, -0.2) is 35.4 Å². The van der Waals surface area contributed by atoms with Gasteiger partial charge in [-0.25, -0.2) is 9.78 Å². The maximum Gasteiger partial charge on any atom is 0.411 e. The maximum atomic E-state index is 13.6. The third-order valence-corrected chi connectivity index (χ3v) is 4.58. The van der Waals surface area contributed by atoms with Crippen LogP contribution in [0.1, 0.15) is 31.1 Å². The number of anilines is 2. The summed E-state index contributed by atoms with van der Waals surface area (Å²) in [6, 6.07) is 2.41. The van der Waals surface area contributed by atoms with Gasteiger partial charge in [0.1, 0.15) is 11.9 Å². The fraction of sp³-hybridized carbons (Fsp3) is 0.368. The Hall–Kier alpha value is -3.01. The predicted molar refractivity (Wildman–Crippen MR) is 103 cm³/mol. The van der Waals surface area contributed by atoms with E-state index >= 15 is 0 Å². The number of hydrogen-bond donors (Lipinski definition) is 4. The van der Waals surface area contributed by atoms with Gasteiger partial charge < -0.3 is 20.8 Å². The molecular weight excluding hydrogens is 387 g/mol. The van der Waals surface area contributed by atoms with Gasteiger partial charge in [0.2, 0.25) is 0 Å². The van der Waals surface area contributed by atoms with Crippen molar-refractivity contribution in [1.82, 2.24) is 9.97 Å². The number of carbonyl (C=O) groups is 1. The number of rotatable bonds is 1. The van der Waals surface area contributed by atoms with Crippen LogP contribution in [0.3, 0.4) is 0 Å². The molecule has 0 saturated heterocycles. The average molecular weight is 409 g/mol. The van der Waals surface area contributed by atoms with Crippen molar-refractivity contribution in [3.63, 3.8) is 0 Å². The van der Waals surface area contributed by atoms with Gasteiger partial charge >= 0.3 is 12.3 Å². The summed E-state index contributed by atoms with van der Waals surface area (Å²) < 4.78 is 45.4. The second-order valence-electron chi connectivity index (χ2n) is 6.68. The molecule has 2 unspecified atom stereocenters. The highest BCUT2D eigenvalue weighted by atomic mass is 19.4. The van der Waals surface area contributed by atoms with Crippen molar-refractivity contribution in [3.8, 4) is 11.3 Å².